The van der Waals surface area contributed by atoms with Crippen molar-refractivity contribution in [2.75, 3.05) is 0 Å². The molecule has 4 rings (SSSR count). The highest BCUT2D eigenvalue weighted by Crippen LogP contribution is 2.69. The average Bonchev–Trinajstić information content (AvgIpc) is 3.08. The van der Waals surface area contributed by atoms with E-state index < -0.39 is 18.0 Å². The summed E-state index contributed by atoms with van der Waals surface area (Å²) in [6.07, 6.45) is 9.11. The molecular weight excluding hydrogens is 464 g/mol. The molecule has 4 aliphatic carbocycles. The standard InChI is InChI=1S/C30H50O5.C2H6/c1-17(2)9-7-11-20(28(33)34)26-23-15-24(32)27-22(30(23,6)16-25(26)35-19(4)31)13-12-21-18(3)10-8-14-29(21,27)5;1-2/h17-18,20-27,32H,7-16H2,1-6H3,(H,33,34);1-2H3/t18-,20?,21?,22?,23?,24-,25?,26?,27?,29?,30?;/m1./s1. The maximum atomic E-state index is 12.6. The van der Waals surface area contributed by atoms with Crippen molar-refractivity contribution < 1.29 is 24.5 Å². The van der Waals surface area contributed by atoms with E-state index in [2.05, 4.69) is 34.6 Å². The smallest absolute Gasteiger partial charge is 0.306 e. The molecule has 0 aliphatic heterocycles. The number of carboxylic acids is 1. The maximum absolute atomic E-state index is 12.6. The molecule has 214 valence electrons. The summed E-state index contributed by atoms with van der Waals surface area (Å²) in [6, 6.07) is 0. The summed E-state index contributed by atoms with van der Waals surface area (Å²) in [5.41, 5.74) is 0.0432. The summed E-state index contributed by atoms with van der Waals surface area (Å²) in [7, 11) is 0. The maximum Gasteiger partial charge on any atom is 0.306 e. The van der Waals surface area contributed by atoms with Gasteiger partial charge in [0.15, 0.2) is 0 Å². The van der Waals surface area contributed by atoms with Gasteiger partial charge in [0.25, 0.3) is 0 Å². The first kappa shape index (κ1) is 30.4. The van der Waals surface area contributed by atoms with Gasteiger partial charge < -0.3 is 14.9 Å². The normalized spacial score (nSPS) is 43.5. The number of hydrogen-bond acceptors (Lipinski definition) is 4. The van der Waals surface area contributed by atoms with E-state index in [4.69, 9.17) is 4.74 Å². The number of carboxylic acid groups (broad SMARTS) is 1. The van der Waals surface area contributed by atoms with Gasteiger partial charge >= 0.3 is 11.9 Å². The summed E-state index contributed by atoms with van der Waals surface area (Å²) >= 11 is 0. The first-order chi connectivity index (χ1) is 17.4. The van der Waals surface area contributed by atoms with Crippen LogP contribution in [0.2, 0.25) is 0 Å². The van der Waals surface area contributed by atoms with Gasteiger partial charge in [-0.15, -0.1) is 0 Å². The van der Waals surface area contributed by atoms with E-state index in [1.165, 1.54) is 32.6 Å². The van der Waals surface area contributed by atoms with Crippen LogP contribution in [-0.2, 0) is 14.3 Å². The lowest BCUT2D eigenvalue weighted by atomic mass is 9.42. The third-order valence-electron chi connectivity index (χ3n) is 11.4. The number of aliphatic hydroxyl groups is 1. The average molecular weight is 521 g/mol. The molecule has 37 heavy (non-hydrogen) atoms. The molecule has 0 amide bonds. The van der Waals surface area contributed by atoms with Crippen molar-refractivity contribution in [3.63, 3.8) is 0 Å². The van der Waals surface area contributed by atoms with E-state index in [1.807, 2.05) is 13.8 Å². The van der Waals surface area contributed by atoms with Crippen LogP contribution in [0.25, 0.3) is 0 Å². The van der Waals surface area contributed by atoms with Gasteiger partial charge in [-0.1, -0.05) is 74.1 Å². The molecule has 5 nitrogen and oxygen atoms in total. The number of carbonyl (C=O) groups excluding carboxylic acids is 1. The second-order valence-electron chi connectivity index (χ2n) is 13.8. The fourth-order valence-electron chi connectivity index (χ4n) is 10.1. The summed E-state index contributed by atoms with van der Waals surface area (Å²) in [5, 5.41) is 22.1. The van der Waals surface area contributed by atoms with Crippen molar-refractivity contribution in [2.24, 2.45) is 58.2 Å². The number of fused-ring (bicyclic) bond motifs is 5. The van der Waals surface area contributed by atoms with E-state index in [9.17, 15) is 19.8 Å². The van der Waals surface area contributed by atoms with Crippen LogP contribution in [0.4, 0.5) is 0 Å². The Morgan fingerprint density at radius 1 is 1.00 bits per heavy atom. The lowest BCUT2D eigenvalue weighted by Crippen LogP contribution is -2.60. The lowest BCUT2D eigenvalue weighted by molar-refractivity contribution is -0.186. The van der Waals surface area contributed by atoms with Gasteiger partial charge in [-0.25, -0.2) is 0 Å². The van der Waals surface area contributed by atoms with E-state index in [0.29, 0.717) is 36.5 Å². The van der Waals surface area contributed by atoms with Crippen LogP contribution in [0, 0.1) is 58.2 Å². The minimum Gasteiger partial charge on any atom is -0.481 e. The molecule has 0 heterocycles. The molecule has 0 bridgehead atoms. The minimum atomic E-state index is -0.770. The second-order valence-corrected chi connectivity index (χ2v) is 13.8. The number of carbonyl (C=O) groups is 2. The van der Waals surface area contributed by atoms with Crippen LogP contribution in [0.5, 0.6) is 0 Å². The molecule has 0 radical (unpaired) electrons. The molecule has 4 aliphatic rings. The SMILES string of the molecule is CC.CC(=O)OC1CC2(C)C(C[C@@H](O)C3C2CCC2[C@H](C)CCCC23C)C1C(CCCC(C)C)C(=O)O. The number of ether oxygens (including phenoxy) is 1. The Kier molecular flexibility index (Phi) is 9.84. The van der Waals surface area contributed by atoms with Crippen molar-refractivity contribution in [2.45, 2.75) is 132 Å². The Balaban J connectivity index is 0.00000186. The zero-order valence-corrected chi connectivity index (χ0v) is 25.0. The van der Waals surface area contributed by atoms with Crippen LogP contribution in [0.3, 0.4) is 0 Å². The van der Waals surface area contributed by atoms with Crippen LogP contribution in [0.15, 0.2) is 0 Å². The Labute approximate surface area is 226 Å². The van der Waals surface area contributed by atoms with Crippen LogP contribution >= 0.6 is 0 Å². The topological polar surface area (TPSA) is 83.8 Å². The van der Waals surface area contributed by atoms with Crippen molar-refractivity contribution >= 4 is 11.9 Å². The molecule has 0 aromatic carbocycles. The first-order valence-corrected chi connectivity index (χ1v) is 15.5. The Morgan fingerprint density at radius 2 is 1.65 bits per heavy atom. The number of esters is 1. The van der Waals surface area contributed by atoms with Gasteiger partial charge in [-0.3, -0.25) is 9.59 Å². The molecule has 4 fully saturated rings. The Morgan fingerprint density at radius 3 is 2.24 bits per heavy atom. The molecule has 0 aromatic heterocycles. The van der Waals surface area contributed by atoms with Gasteiger partial charge in [0, 0.05) is 12.8 Å². The van der Waals surface area contributed by atoms with E-state index in [1.54, 1.807) is 0 Å². The quantitative estimate of drug-likeness (QED) is 0.343. The predicted octanol–water partition coefficient (Wildman–Crippen LogP) is 7.35. The molecule has 0 spiro atoms. The number of hydrogen-bond donors (Lipinski definition) is 2. The second kappa shape index (κ2) is 12.0. The third kappa shape index (κ3) is 5.63. The fraction of sp³-hybridized carbons (Fsp3) is 0.938. The molecule has 2 N–H and O–H groups in total. The largest absolute Gasteiger partial charge is 0.481 e. The van der Waals surface area contributed by atoms with E-state index in [-0.39, 0.29) is 40.7 Å². The third-order valence-corrected chi connectivity index (χ3v) is 11.4. The highest BCUT2D eigenvalue weighted by atomic mass is 16.5. The number of aliphatic hydroxyl groups excluding tert-OH is 1. The first-order valence-electron chi connectivity index (χ1n) is 15.5. The number of rotatable bonds is 7. The van der Waals surface area contributed by atoms with Crippen molar-refractivity contribution in [3.05, 3.63) is 0 Å². The molecule has 9 unspecified atom stereocenters. The van der Waals surface area contributed by atoms with Gasteiger partial charge in [0.2, 0.25) is 0 Å². The number of aliphatic carboxylic acids is 1. The van der Waals surface area contributed by atoms with Crippen LogP contribution in [0.1, 0.15) is 120 Å². The van der Waals surface area contributed by atoms with Crippen molar-refractivity contribution in [3.8, 4) is 0 Å². The summed E-state index contributed by atoms with van der Waals surface area (Å²) in [5.74, 6) is 0.748. The lowest BCUT2D eigenvalue weighted by Gasteiger charge is -2.63. The van der Waals surface area contributed by atoms with Gasteiger partial charge in [0.1, 0.15) is 6.10 Å². The summed E-state index contributed by atoms with van der Waals surface area (Å²) in [6.45, 7) is 17.0. The van der Waals surface area contributed by atoms with Gasteiger partial charge in [0.05, 0.1) is 12.0 Å². The zero-order valence-electron chi connectivity index (χ0n) is 25.0. The van der Waals surface area contributed by atoms with Crippen molar-refractivity contribution in [1.29, 1.82) is 0 Å². The van der Waals surface area contributed by atoms with Crippen LogP contribution < -0.4 is 0 Å². The zero-order chi connectivity index (χ0) is 27.7. The van der Waals surface area contributed by atoms with E-state index in [0.717, 1.165) is 25.7 Å². The fourth-order valence-corrected chi connectivity index (χ4v) is 10.1. The van der Waals surface area contributed by atoms with Gasteiger partial charge in [-0.05, 0) is 84.9 Å². The molecular formula is C32H56O5. The van der Waals surface area contributed by atoms with Crippen molar-refractivity contribution in [1.82, 2.24) is 0 Å². The molecule has 0 saturated heterocycles. The summed E-state index contributed by atoms with van der Waals surface area (Å²) < 4.78 is 5.92. The Bertz CT molecular complexity index is 794. The predicted molar refractivity (Wildman–Crippen MR) is 148 cm³/mol. The van der Waals surface area contributed by atoms with E-state index >= 15 is 0 Å². The molecule has 0 aromatic rings. The van der Waals surface area contributed by atoms with Gasteiger partial charge in [-0.2, -0.15) is 0 Å². The Hall–Kier alpha value is -1.10. The monoisotopic (exact) mass is 520 g/mol. The minimum absolute atomic E-state index is 0.0735. The molecule has 4 saturated carbocycles. The highest BCUT2D eigenvalue weighted by molar-refractivity contribution is 5.71. The molecule has 11 atom stereocenters. The van der Waals surface area contributed by atoms with Crippen LogP contribution in [-0.4, -0.2) is 34.4 Å². The summed E-state index contributed by atoms with van der Waals surface area (Å²) in [4.78, 5) is 24.8. The highest BCUT2D eigenvalue weighted by Gasteiger charge is 2.67. The molecule has 5 heteroatoms.